The van der Waals surface area contributed by atoms with Crippen molar-refractivity contribution in [3.63, 3.8) is 0 Å². The zero-order valence-corrected chi connectivity index (χ0v) is 14.4. The first-order chi connectivity index (χ1) is 9.50. The van der Waals surface area contributed by atoms with Crippen LogP contribution in [-0.2, 0) is 6.42 Å². The Labute approximate surface area is 129 Å². The van der Waals surface area contributed by atoms with Crippen LogP contribution < -0.4 is 5.32 Å². The molecule has 0 saturated heterocycles. The number of hydrogen-bond donors (Lipinski definition) is 1. The molecule has 3 unspecified atom stereocenters. The second-order valence-electron chi connectivity index (χ2n) is 7.47. The summed E-state index contributed by atoms with van der Waals surface area (Å²) in [5.74, 6) is 1.75. The Morgan fingerprint density at radius 3 is 2.70 bits per heavy atom. The van der Waals surface area contributed by atoms with E-state index in [1.165, 1.54) is 37.7 Å². The van der Waals surface area contributed by atoms with Crippen LogP contribution >= 0.6 is 11.3 Å². The predicted molar refractivity (Wildman–Crippen MR) is 90.4 cm³/mol. The number of nitrogens with one attached hydrogen (secondary N) is 1. The molecule has 1 aliphatic rings. The molecule has 1 fully saturated rings. The monoisotopic (exact) mass is 293 g/mol. The van der Waals surface area contributed by atoms with Gasteiger partial charge in [0.1, 0.15) is 0 Å². The summed E-state index contributed by atoms with van der Waals surface area (Å²) < 4.78 is 0. The summed E-state index contributed by atoms with van der Waals surface area (Å²) >= 11 is 1.83. The third kappa shape index (κ3) is 4.33. The first-order valence-electron chi connectivity index (χ1n) is 8.25. The highest BCUT2D eigenvalue weighted by molar-refractivity contribution is 7.07. The number of rotatable bonds is 5. The fraction of sp³-hybridized carbons (Fsp3) is 0.778. The standard InChI is InChI=1S/C18H31NS/c1-5-19-17-9-8-16(18(2,3)4)12-15(17)7-6-14-10-11-20-13-14/h10-11,13,15-17,19H,5-9,12H2,1-4H3. The summed E-state index contributed by atoms with van der Waals surface area (Å²) in [5, 5.41) is 8.26. The van der Waals surface area contributed by atoms with E-state index in [2.05, 4.69) is 49.8 Å². The van der Waals surface area contributed by atoms with Gasteiger partial charge in [-0.05, 0) is 78.3 Å². The predicted octanol–water partition coefficient (Wildman–Crippen LogP) is 5.12. The normalized spacial score (nSPS) is 27.7. The van der Waals surface area contributed by atoms with Gasteiger partial charge >= 0.3 is 0 Å². The molecule has 114 valence electrons. The van der Waals surface area contributed by atoms with Crippen molar-refractivity contribution in [2.24, 2.45) is 17.3 Å². The number of thiophene rings is 1. The molecule has 1 nitrogen and oxygen atoms in total. The van der Waals surface area contributed by atoms with E-state index >= 15 is 0 Å². The SMILES string of the molecule is CCNC1CCC(C(C)(C)C)CC1CCc1ccsc1. The van der Waals surface area contributed by atoms with E-state index in [-0.39, 0.29) is 0 Å². The quantitative estimate of drug-likeness (QED) is 0.794. The average molecular weight is 294 g/mol. The summed E-state index contributed by atoms with van der Waals surface area (Å²) in [7, 11) is 0. The van der Waals surface area contributed by atoms with Gasteiger partial charge in [-0.2, -0.15) is 11.3 Å². The highest BCUT2D eigenvalue weighted by Crippen LogP contribution is 2.41. The molecule has 2 rings (SSSR count). The van der Waals surface area contributed by atoms with E-state index in [9.17, 15) is 0 Å². The van der Waals surface area contributed by atoms with Gasteiger partial charge in [-0.15, -0.1) is 0 Å². The second kappa shape index (κ2) is 7.09. The highest BCUT2D eigenvalue weighted by atomic mass is 32.1. The molecule has 20 heavy (non-hydrogen) atoms. The molecule has 3 atom stereocenters. The maximum Gasteiger partial charge on any atom is 0.00955 e. The summed E-state index contributed by atoms with van der Waals surface area (Å²) in [6.45, 7) is 10.6. The Balaban J connectivity index is 1.95. The minimum Gasteiger partial charge on any atom is -0.314 e. The molecule has 0 bridgehead atoms. The first kappa shape index (κ1) is 16.0. The molecule has 0 radical (unpaired) electrons. The van der Waals surface area contributed by atoms with E-state index in [0.717, 1.165) is 24.4 Å². The summed E-state index contributed by atoms with van der Waals surface area (Å²) in [4.78, 5) is 0. The molecule has 1 aromatic rings. The Bertz CT molecular complexity index is 377. The fourth-order valence-electron chi connectivity index (χ4n) is 3.69. The van der Waals surface area contributed by atoms with Gasteiger partial charge in [-0.1, -0.05) is 27.7 Å². The van der Waals surface area contributed by atoms with Crippen molar-refractivity contribution in [1.29, 1.82) is 0 Å². The zero-order chi connectivity index (χ0) is 14.6. The van der Waals surface area contributed by atoms with Crippen molar-refractivity contribution < 1.29 is 0 Å². The van der Waals surface area contributed by atoms with Crippen LogP contribution in [0.25, 0.3) is 0 Å². The second-order valence-corrected chi connectivity index (χ2v) is 8.25. The van der Waals surface area contributed by atoms with E-state index < -0.39 is 0 Å². The van der Waals surface area contributed by atoms with Crippen LogP contribution in [0, 0.1) is 17.3 Å². The molecule has 1 N–H and O–H groups in total. The number of hydrogen-bond acceptors (Lipinski definition) is 2. The lowest BCUT2D eigenvalue weighted by Gasteiger charge is -2.42. The van der Waals surface area contributed by atoms with Gasteiger partial charge in [0, 0.05) is 6.04 Å². The van der Waals surface area contributed by atoms with E-state index in [1.807, 2.05) is 11.3 Å². The molecule has 0 aliphatic heterocycles. The average Bonchev–Trinajstić information content (AvgIpc) is 2.89. The van der Waals surface area contributed by atoms with Gasteiger partial charge < -0.3 is 5.32 Å². The smallest absolute Gasteiger partial charge is 0.00955 e. The lowest BCUT2D eigenvalue weighted by molar-refractivity contribution is 0.110. The zero-order valence-electron chi connectivity index (χ0n) is 13.6. The minimum absolute atomic E-state index is 0.470. The van der Waals surface area contributed by atoms with Gasteiger partial charge in [0.2, 0.25) is 0 Å². The molecular formula is C18H31NS. The number of aryl methyl sites for hydroxylation is 1. The van der Waals surface area contributed by atoms with Crippen molar-refractivity contribution in [3.8, 4) is 0 Å². The third-order valence-corrected chi connectivity index (χ3v) is 5.79. The Morgan fingerprint density at radius 1 is 1.30 bits per heavy atom. The molecule has 1 saturated carbocycles. The van der Waals surface area contributed by atoms with Crippen LogP contribution in [0.15, 0.2) is 16.8 Å². The van der Waals surface area contributed by atoms with Crippen molar-refractivity contribution in [3.05, 3.63) is 22.4 Å². The summed E-state index contributed by atoms with van der Waals surface area (Å²) in [5.41, 5.74) is 2.00. The highest BCUT2D eigenvalue weighted by Gasteiger charge is 2.35. The third-order valence-electron chi connectivity index (χ3n) is 5.06. The van der Waals surface area contributed by atoms with Crippen molar-refractivity contribution in [2.45, 2.75) is 65.8 Å². The van der Waals surface area contributed by atoms with Crippen LogP contribution in [0.3, 0.4) is 0 Å². The van der Waals surface area contributed by atoms with E-state index in [4.69, 9.17) is 0 Å². The van der Waals surface area contributed by atoms with E-state index in [1.54, 1.807) is 0 Å². The molecule has 2 heteroatoms. The maximum atomic E-state index is 3.74. The topological polar surface area (TPSA) is 12.0 Å². The van der Waals surface area contributed by atoms with Gasteiger partial charge in [-0.3, -0.25) is 0 Å². The largest absolute Gasteiger partial charge is 0.314 e. The summed E-state index contributed by atoms with van der Waals surface area (Å²) in [6, 6.07) is 3.04. The van der Waals surface area contributed by atoms with Crippen LogP contribution in [-0.4, -0.2) is 12.6 Å². The molecule has 1 aromatic heterocycles. The molecular weight excluding hydrogens is 262 g/mol. The molecule has 1 heterocycles. The van der Waals surface area contributed by atoms with Gasteiger partial charge in [0.05, 0.1) is 0 Å². The molecule has 1 aliphatic carbocycles. The van der Waals surface area contributed by atoms with Crippen LogP contribution in [0.2, 0.25) is 0 Å². The fourth-order valence-corrected chi connectivity index (χ4v) is 4.39. The Morgan fingerprint density at radius 2 is 2.10 bits per heavy atom. The molecule has 0 spiro atoms. The summed E-state index contributed by atoms with van der Waals surface area (Å²) in [6.07, 6.45) is 6.78. The van der Waals surface area contributed by atoms with Gasteiger partial charge in [0.15, 0.2) is 0 Å². The van der Waals surface area contributed by atoms with Crippen LogP contribution in [0.4, 0.5) is 0 Å². The Kier molecular flexibility index (Phi) is 5.68. The Hall–Kier alpha value is -0.340. The van der Waals surface area contributed by atoms with E-state index in [0.29, 0.717) is 5.41 Å². The maximum absolute atomic E-state index is 3.74. The lowest BCUT2D eigenvalue weighted by atomic mass is 9.66. The van der Waals surface area contributed by atoms with Crippen molar-refractivity contribution >= 4 is 11.3 Å². The minimum atomic E-state index is 0.470. The molecule has 0 aromatic carbocycles. The lowest BCUT2D eigenvalue weighted by Crippen LogP contribution is -2.43. The van der Waals surface area contributed by atoms with Crippen molar-refractivity contribution in [1.82, 2.24) is 5.32 Å². The van der Waals surface area contributed by atoms with Crippen LogP contribution in [0.5, 0.6) is 0 Å². The molecule has 0 amide bonds. The van der Waals surface area contributed by atoms with Gasteiger partial charge in [-0.25, -0.2) is 0 Å². The van der Waals surface area contributed by atoms with Crippen molar-refractivity contribution in [2.75, 3.05) is 6.54 Å². The van der Waals surface area contributed by atoms with Gasteiger partial charge in [0.25, 0.3) is 0 Å². The van der Waals surface area contributed by atoms with Crippen LogP contribution in [0.1, 0.15) is 58.9 Å². The first-order valence-corrected chi connectivity index (χ1v) is 9.19.